The molecular weight excluding hydrogens is 279 g/mol. The Morgan fingerprint density at radius 2 is 1.68 bits per heavy atom. The Morgan fingerprint density at radius 1 is 1.21 bits per heavy atom. The highest BCUT2D eigenvalue weighted by atomic mass is 19.4. The molecule has 0 unspecified atom stereocenters. The summed E-state index contributed by atoms with van der Waals surface area (Å²) in [6.07, 6.45) is -5.08. The van der Waals surface area contributed by atoms with Crippen LogP contribution >= 0.6 is 0 Å². The minimum Gasteiger partial charge on any atom is -0.475 e. The lowest BCUT2D eigenvalue weighted by Gasteiger charge is -2.01. The van der Waals surface area contributed by atoms with Crippen LogP contribution in [0.5, 0.6) is 0 Å². The summed E-state index contributed by atoms with van der Waals surface area (Å²) in [5.41, 5.74) is 4.59. The van der Waals surface area contributed by atoms with Gasteiger partial charge in [0.2, 0.25) is 0 Å². The SMILES string of the molecule is NC(=O)Nc1ccc(F)cc1F.O=C(O)C(F)(F)F. The van der Waals surface area contributed by atoms with Gasteiger partial charge in [-0.3, -0.25) is 0 Å². The molecule has 0 atom stereocenters. The highest BCUT2D eigenvalue weighted by molar-refractivity contribution is 5.87. The molecule has 1 aromatic rings. The smallest absolute Gasteiger partial charge is 0.475 e. The zero-order chi connectivity index (χ0) is 15.2. The first-order valence-corrected chi connectivity index (χ1v) is 4.35. The average Bonchev–Trinajstić information content (AvgIpc) is 2.21. The number of carbonyl (C=O) groups excluding carboxylic acids is 1. The number of amides is 2. The third-order valence-electron chi connectivity index (χ3n) is 1.43. The molecule has 0 fully saturated rings. The van der Waals surface area contributed by atoms with Gasteiger partial charge >= 0.3 is 18.2 Å². The monoisotopic (exact) mass is 286 g/mol. The maximum Gasteiger partial charge on any atom is 0.490 e. The Balaban J connectivity index is 0.000000399. The molecule has 0 aromatic heterocycles. The summed E-state index contributed by atoms with van der Waals surface area (Å²) >= 11 is 0. The van der Waals surface area contributed by atoms with E-state index in [1.54, 1.807) is 0 Å². The van der Waals surface area contributed by atoms with Crippen molar-refractivity contribution in [3.63, 3.8) is 0 Å². The molecule has 0 heterocycles. The van der Waals surface area contributed by atoms with Crippen molar-refractivity contribution in [2.75, 3.05) is 5.32 Å². The summed E-state index contributed by atoms with van der Waals surface area (Å²) in [5.74, 6) is -4.32. The Kier molecular flexibility index (Phi) is 5.70. The summed E-state index contributed by atoms with van der Waals surface area (Å²) in [5, 5.41) is 9.12. The van der Waals surface area contributed by atoms with Gasteiger partial charge in [-0.1, -0.05) is 0 Å². The van der Waals surface area contributed by atoms with Crippen molar-refractivity contribution >= 4 is 17.7 Å². The third kappa shape index (κ3) is 6.81. The van der Waals surface area contributed by atoms with Crippen LogP contribution in [0, 0.1) is 11.6 Å². The molecule has 2 amide bonds. The third-order valence-corrected chi connectivity index (χ3v) is 1.43. The van der Waals surface area contributed by atoms with Crippen LogP contribution in [0.15, 0.2) is 18.2 Å². The van der Waals surface area contributed by atoms with Crippen molar-refractivity contribution < 1.29 is 36.6 Å². The molecule has 1 rings (SSSR count). The number of halogens is 5. The van der Waals surface area contributed by atoms with Gasteiger partial charge in [-0.15, -0.1) is 0 Å². The number of rotatable bonds is 1. The minimum absolute atomic E-state index is 0.135. The molecule has 0 radical (unpaired) electrons. The van der Waals surface area contributed by atoms with E-state index in [2.05, 4.69) is 0 Å². The molecule has 0 bridgehead atoms. The number of anilines is 1. The van der Waals surface area contributed by atoms with E-state index in [0.29, 0.717) is 6.07 Å². The number of carboxylic acid groups (broad SMARTS) is 1. The largest absolute Gasteiger partial charge is 0.490 e. The first kappa shape index (κ1) is 16.6. The standard InChI is InChI=1S/C7H6F2N2O.C2HF3O2/c8-4-1-2-6(5(9)3-4)11-7(10)12;3-2(4,5)1(6)7/h1-3H,(H3,10,11,12);(H,6,7). The molecule has 0 saturated carbocycles. The lowest BCUT2D eigenvalue weighted by atomic mass is 10.3. The van der Waals surface area contributed by atoms with E-state index < -0.39 is 29.8 Å². The van der Waals surface area contributed by atoms with Gasteiger partial charge in [0, 0.05) is 6.07 Å². The maximum atomic E-state index is 12.7. The van der Waals surface area contributed by atoms with Gasteiger partial charge < -0.3 is 16.2 Å². The number of hydrogen-bond acceptors (Lipinski definition) is 2. The second kappa shape index (κ2) is 6.52. The van der Waals surface area contributed by atoms with E-state index in [1.807, 2.05) is 5.32 Å². The van der Waals surface area contributed by atoms with Gasteiger partial charge in [0.25, 0.3) is 0 Å². The Bertz CT molecular complexity index is 475. The predicted octanol–water partition coefficient (Wildman–Crippen LogP) is 2.09. The highest BCUT2D eigenvalue weighted by Crippen LogP contribution is 2.14. The maximum absolute atomic E-state index is 12.7. The van der Waals surface area contributed by atoms with Crippen molar-refractivity contribution in [3.05, 3.63) is 29.8 Å². The van der Waals surface area contributed by atoms with Crippen LogP contribution in [0.1, 0.15) is 0 Å². The fourth-order valence-corrected chi connectivity index (χ4v) is 0.724. The molecular formula is C9H7F5N2O3. The van der Waals surface area contributed by atoms with E-state index in [9.17, 15) is 26.7 Å². The number of nitrogens with one attached hydrogen (secondary N) is 1. The quantitative estimate of drug-likeness (QED) is 0.690. The molecule has 19 heavy (non-hydrogen) atoms. The lowest BCUT2D eigenvalue weighted by Crippen LogP contribution is -2.21. The van der Waals surface area contributed by atoms with E-state index in [1.165, 1.54) is 0 Å². The number of urea groups is 1. The number of carboxylic acids is 1. The van der Waals surface area contributed by atoms with Crippen molar-refractivity contribution in [2.45, 2.75) is 6.18 Å². The second-order valence-electron chi connectivity index (χ2n) is 2.92. The number of benzene rings is 1. The van der Waals surface area contributed by atoms with Crippen molar-refractivity contribution in [1.82, 2.24) is 0 Å². The Hall–Kier alpha value is -2.39. The van der Waals surface area contributed by atoms with Crippen LogP contribution < -0.4 is 11.1 Å². The molecule has 1 aromatic carbocycles. The molecule has 0 saturated heterocycles. The van der Waals surface area contributed by atoms with Crippen molar-refractivity contribution in [1.29, 1.82) is 0 Å². The molecule has 0 aliphatic carbocycles. The number of primary amides is 1. The minimum atomic E-state index is -5.08. The van der Waals surface area contributed by atoms with Crippen LogP contribution in [0.3, 0.4) is 0 Å². The predicted molar refractivity (Wildman–Crippen MR) is 53.3 cm³/mol. The summed E-state index contributed by atoms with van der Waals surface area (Å²) in [6.45, 7) is 0. The van der Waals surface area contributed by atoms with E-state index >= 15 is 0 Å². The van der Waals surface area contributed by atoms with E-state index in [0.717, 1.165) is 12.1 Å². The Morgan fingerprint density at radius 3 is 2.00 bits per heavy atom. The van der Waals surface area contributed by atoms with Crippen molar-refractivity contribution in [2.24, 2.45) is 5.73 Å². The second-order valence-corrected chi connectivity index (χ2v) is 2.92. The number of nitrogens with two attached hydrogens (primary N) is 1. The summed E-state index contributed by atoms with van der Waals surface area (Å²) in [6, 6.07) is 1.88. The van der Waals surface area contributed by atoms with Crippen LogP contribution in [-0.4, -0.2) is 23.3 Å². The number of carbonyl (C=O) groups is 2. The van der Waals surface area contributed by atoms with Gasteiger partial charge in [0.1, 0.15) is 11.6 Å². The number of alkyl halides is 3. The fraction of sp³-hybridized carbons (Fsp3) is 0.111. The van der Waals surface area contributed by atoms with Gasteiger partial charge in [0.15, 0.2) is 0 Å². The van der Waals surface area contributed by atoms with Gasteiger partial charge in [-0.05, 0) is 12.1 Å². The molecule has 0 aliphatic heterocycles. The van der Waals surface area contributed by atoms with Crippen LogP contribution in [0.2, 0.25) is 0 Å². The molecule has 5 nitrogen and oxygen atoms in total. The van der Waals surface area contributed by atoms with Crippen molar-refractivity contribution in [3.8, 4) is 0 Å². The van der Waals surface area contributed by atoms with E-state index in [-0.39, 0.29) is 5.69 Å². The van der Waals surface area contributed by atoms with Gasteiger partial charge in [-0.25, -0.2) is 18.4 Å². The molecule has 10 heteroatoms. The van der Waals surface area contributed by atoms with E-state index in [4.69, 9.17) is 15.6 Å². The molecule has 0 spiro atoms. The normalized spacial score (nSPS) is 10.2. The van der Waals surface area contributed by atoms with Crippen LogP contribution in [-0.2, 0) is 4.79 Å². The molecule has 0 aliphatic rings. The molecule has 4 N–H and O–H groups in total. The zero-order valence-corrected chi connectivity index (χ0v) is 8.96. The Labute approximate surface area is 102 Å². The highest BCUT2D eigenvalue weighted by Gasteiger charge is 2.38. The van der Waals surface area contributed by atoms with Crippen LogP contribution in [0.25, 0.3) is 0 Å². The fourth-order valence-electron chi connectivity index (χ4n) is 0.724. The first-order chi connectivity index (χ1) is 8.54. The number of aliphatic carboxylic acids is 1. The number of hydrogen-bond donors (Lipinski definition) is 3. The van der Waals surface area contributed by atoms with Gasteiger partial charge in [-0.2, -0.15) is 13.2 Å². The average molecular weight is 286 g/mol. The topological polar surface area (TPSA) is 92.4 Å². The summed E-state index contributed by atoms with van der Waals surface area (Å²) in [7, 11) is 0. The first-order valence-electron chi connectivity index (χ1n) is 4.35. The zero-order valence-electron chi connectivity index (χ0n) is 8.96. The summed E-state index contributed by atoms with van der Waals surface area (Å²) in [4.78, 5) is 19.2. The van der Waals surface area contributed by atoms with Crippen LogP contribution in [0.4, 0.5) is 32.4 Å². The summed E-state index contributed by atoms with van der Waals surface area (Å²) < 4.78 is 56.7. The lowest BCUT2D eigenvalue weighted by molar-refractivity contribution is -0.192. The molecule has 106 valence electrons. The van der Waals surface area contributed by atoms with Gasteiger partial charge in [0.05, 0.1) is 5.69 Å².